The fourth-order valence-corrected chi connectivity index (χ4v) is 2.85. The smallest absolute Gasteiger partial charge is 0.264 e. The Bertz CT molecular complexity index is 587. The lowest BCUT2D eigenvalue weighted by Crippen LogP contribution is -2.29. The molecule has 0 amide bonds. The van der Waals surface area contributed by atoms with Crippen molar-refractivity contribution < 1.29 is 29.4 Å². The first-order chi connectivity index (χ1) is 8.18. The lowest BCUT2D eigenvalue weighted by atomic mass is 10.3. The molecule has 1 unspecified atom stereocenters. The van der Waals surface area contributed by atoms with Gasteiger partial charge in [0.2, 0.25) is 19.1 Å². The Balaban J connectivity index is 0.000000555. The molecule has 19 heavy (non-hydrogen) atoms. The summed E-state index contributed by atoms with van der Waals surface area (Å²) in [6, 6.07) is 0. The van der Waals surface area contributed by atoms with E-state index in [1.54, 1.807) is 0 Å². The quantitative estimate of drug-likeness (QED) is 0.478. The summed E-state index contributed by atoms with van der Waals surface area (Å²) in [5.41, 5.74) is 0. The zero-order valence-electron chi connectivity index (χ0n) is 10.6. The van der Waals surface area contributed by atoms with Crippen LogP contribution in [-0.2, 0) is 33.4 Å². The van der Waals surface area contributed by atoms with Crippen LogP contribution in [0.1, 0.15) is 6.42 Å². The Morgan fingerprint density at radius 1 is 1.05 bits per heavy atom. The first-order valence-corrected chi connectivity index (χ1v) is 11.3. The molecule has 0 aromatic heterocycles. The van der Waals surface area contributed by atoms with Crippen molar-refractivity contribution in [3.63, 3.8) is 0 Å². The molecule has 8 nitrogen and oxygen atoms in total. The molecular formula is C7H16ClNO7S3. The highest BCUT2D eigenvalue weighted by Crippen LogP contribution is 2.16. The normalized spacial score (nSPS) is 21.8. The van der Waals surface area contributed by atoms with Gasteiger partial charge in [-0.05, 0) is 6.42 Å². The van der Waals surface area contributed by atoms with E-state index < -0.39 is 35.3 Å². The zero-order valence-corrected chi connectivity index (χ0v) is 13.8. The SMILES string of the molecule is CS(=O)(=O)Cl.CS(=O)(=O)OC1CCN(S(C)(=O)=O)C1. The van der Waals surface area contributed by atoms with Crippen LogP contribution < -0.4 is 0 Å². The molecule has 1 aliphatic heterocycles. The standard InChI is InChI=1S/C6H13NO5S2.CH3ClO2S/c1-13(8,9)7-4-3-6(5-7)12-14(2,10)11;1-5(2,3)4/h6H,3-5H2,1-2H3;1H3. The molecule has 0 aromatic carbocycles. The second-order valence-electron chi connectivity index (χ2n) is 4.01. The van der Waals surface area contributed by atoms with E-state index in [0.717, 1.165) is 18.8 Å². The van der Waals surface area contributed by atoms with Crippen molar-refractivity contribution in [1.29, 1.82) is 0 Å². The predicted molar refractivity (Wildman–Crippen MR) is 71.4 cm³/mol. The van der Waals surface area contributed by atoms with Crippen LogP contribution in [0.25, 0.3) is 0 Å². The minimum atomic E-state index is -3.50. The van der Waals surface area contributed by atoms with Crippen LogP contribution >= 0.6 is 10.7 Å². The molecule has 12 heteroatoms. The van der Waals surface area contributed by atoms with Gasteiger partial charge in [0.05, 0.1) is 24.9 Å². The highest BCUT2D eigenvalue weighted by atomic mass is 35.7. The summed E-state index contributed by atoms with van der Waals surface area (Å²) in [6.45, 7) is 0.435. The van der Waals surface area contributed by atoms with Crippen LogP contribution in [0.4, 0.5) is 0 Å². The van der Waals surface area contributed by atoms with Crippen LogP contribution in [0.3, 0.4) is 0 Å². The molecule has 1 saturated heterocycles. The van der Waals surface area contributed by atoms with Crippen molar-refractivity contribution in [1.82, 2.24) is 4.31 Å². The molecule has 0 bridgehead atoms. The van der Waals surface area contributed by atoms with Gasteiger partial charge in [0, 0.05) is 23.8 Å². The van der Waals surface area contributed by atoms with E-state index in [2.05, 4.69) is 10.7 Å². The van der Waals surface area contributed by atoms with E-state index in [1.165, 1.54) is 4.31 Å². The Hall–Kier alpha value is 0.0600. The van der Waals surface area contributed by atoms with Crippen molar-refractivity contribution in [2.75, 3.05) is 31.9 Å². The monoisotopic (exact) mass is 357 g/mol. The molecule has 0 aliphatic carbocycles. The number of nitrogens with zero attached hydrogens (tertiary/aromatic N) is 1. The fraction of sp³-hybridized carbons (Fsp3) is 1.00. The van der Waals surface area contributed by atoms with Gasteiger partial charge in [-0.2, -0.15) is 12.7 Å². The third-order valence-electron chi connectivity index (χ3n) is 1.89. The highest BCUT2D eigenvalue weighted by molar-refractivity contribution is 8.13. The molecule has 0 N–H and O–H groups in total. The maximum absolute atomic E-state index is 11.1. The molecule has 0 saturated carbocycles. The number of sulfonamides is 1. The van der Waals surface area contributed by atoms with Crippen molar-refractivity contribution in [2.45, 2.75) is 12.5 Å². The van der Waals surface area contributed by atoms with E-state index >= 15 is 0 Å². The number of hydrogen-bond acceptors (Lipinski definition) is 7. The second kappa shape index (κ2) is 6.68. The molecule has 0 radical (unpaired) electrons. The number of rotatable bonds is 3. The van der Waals surface area contributed by atoms with Crippen LogP contribution in [-0.4, -0.2) is 67.5 Å². The van der Waals surface area contributed by atoms with Crippen LogP contribution in [0, 0.1) is 0 Å². The van der Waals surface area contributed by atoms with E-state index in [9.17, 15) is 25.3 Å². The molecule has 1 aliphatic rings. The van der Waals surface area contributed by atoms with E-state index in [0.29, 0.717) is 13.0 Å². The molecule has 1 atom stereocenters. The molecule has 1 fully saturated rings. The van der Waals surface area contributed by atoms with Gasteiger partial charge in [0.15, 0.2) is 0 Å². The summed E-state index contributed by atoms with van der Waals surface area (Å²) in [5.74, 6) is 0. The minimum Gasteiger partial charge on any atom is -0.266 e. The topological polar surface area (TPSA) is 115 Å². The Labute approximate surface area is 118 Å². The largest absolute Gasteiger partial charge is 0.266 e. The summed E-state index contributed by atoms with van der Waals surface area (Å²) >= 11 is 0. The average Bonchev–Trinajstić information content (AvgIpc) is 2.44. The highest BCUT2D eigenvalue weighted by Gasteiger charge is 2.31. The van der Waals surface area contributed by atoms with Gasteiger partial charge in [-0.25, -0.2) is 16.8 Å². The van der Waals surface area contributed by atoms with Crippen molar-refractivity contribution in [3.05, 3.63) is 0 Å². The van der Waals surface area contributed by atoms with Crippen LogP contribution in [0.5, 0.6) is 0 Å². The molecule has 116 valence electrons. The Morgan fingerprint density at radius 2 is 1.47 bits per heavy atom. The number of hydrogen-bond donors (Lipinski definition) is 0. The van der Waals surface area contributed by atoms with Gasteiger partial charge in [-0.3, -0.25) is 4.18 Å². The zero-order chi connectivity index (χ0) is 15.5. The van der Waals surface area contributed by atoms with Crippen LogP contribution in [0.15, 0.2) is 0 Å². The van der Waals surface area contributed by atoms with Gasteiger partial charge < -0.3 is 0 Å². The first-order valence-electron chi connectivity index (χ1n) is 4.91. The fourth-order valence-electron chi connectivity index (χ4n) is 1.32. The third kappa shape index (κ3) is 11.6. The van der Waals surface area contributed by atoms with Gasteiger partial charge >= 0.3 is 0 Å². The van der Waals surface area contributed by atoms with E-state index in [1.807, 2.05) is 0 Å². The summed E-state index contributed by atoms with van der Waals surface area (Å²) in [5, 5.41) is 0. The minimum absolute atomic E-state index is 0.117. The van der Waals surface area contributed by atoms with Gasteiger partial charge in [-0.1, -0.05) is 0 Å². The number of halogens is 1. The molecule has 1 heterocycles. The third-order valence-corrected chi connectivity index (χ3v) is 3.78. The van der Waals surface area contributed by atoms with E-state index in [4.69, 9.17) is 4.18 Å². The molecule has 1 rings (SSSR count). The molecular weight excluding hydrogens is 342 g/mol. The summed E-state index contributed by atoms with van der Waals surface area (Å²) in [4.78, 5) is 0. The van der Waals surface area contributed by atoms with Gasteiger partial charge in [0.25, 0.3) is 10.1 Å². The first kappa shape index (κ1) is 19.1. The van der Waals surface area contributed by atoms with Gasteiger partial charge in [0.1, 0.15) is 0 Å². The van der Waals surface area contributed by atoms with Crippen LogP contribution in [0.2, 0.25) is 0 Å². The molecule has 0 spiro atoms. The van der Waals surface area contributed by atoms with Gasteiger partial charge in [-0.15, -0.1) is 0 Å². The second-order valence-corrected chi connectivity index (χ2v) is 10.6. The lowest BCUT2D eigenvalue weighted by molar-refractivity contribution is 0.225. The van der Waals surface area contributed by atoms with E-state index in [-0.39, 0.29) is 6.54 Å². The predicted octanol–water partition coefficient (Wildman–Crippen LogP) is -0.819. The average molecular weight is 358 g/mol. The molecule has 0 aromatic rings. The van der Waals surface area contributed by atoms with Crippen molar-refractivity contribution in [2.24, 2.45) is 0 Å². The van der Waals surface area contributed by atoms with Crippen molar-refractivity contribution >= 4 is 39.9 Å². The lowest BCUT2D eigenvalue weighted by Gasteiger charge is -2.12. The maximum atomic E-state index is 11.1. The summed E-state index contributed by atoms with van der Waals surface area (Å²) in [6.07, 6.45) is 2.85. The maximum Gasteiger partial charge on any atom is 0.264 e. The summed E-state index contributed by atoms with van der Waals surface area (Å²) in [7, 11) is -5.42. The van der Waals surface area contributed by atoms with Crippen molar-refractivity contribution in [3.8, 4) is 0 Å². The summed E-state index contributed by atoms with van der Waals surface area (Å²) < 4.78 is 68.3. The Morgan fingerprint density at radius 3 is 1.74 bits per heavy atom. The Kier molecular flexibility index (Phi) is 6.70.